The minimum absolute atomic E-state index is 0.150. The first-order chi connectivity index (χ1) is 12.6. The normalized spacial score (nSPS) is 13.3. The maximum absolute atomic E-state index is 12.6. The van der Waals surface area contributed by atoms with Gasteiger partial charge in [0.05, 0.1) is 27.0 Å². The highest BCUT2D eigenvalue weighted by Crippen LogP contribution is 2.38. The van der Waals surface area contributed by atoms with Crippen LogP contribution >= 0.6 is 11.3 Å². The van der Waals surface area contributed by atoms with Crippen LogP contribution < -0.4 is 24.8 Å². The van der Waals surface area contributed by atoms with E-state index in [9.17, 15) is 9.59 Å². The molecule has 2 aromatic rings. The van der Waals surface area contributed by atoms with E-state index in [1.54, 1.807) is 12.1 Å². The van der Waals surface area contributed by atoms with Gasteiger partial charge in [0, 0.05) is 12.1 Å². The van der Waals surface area contributed by atoms with Gasteiger partial charge in [-0.05, 0) is 25.0 Å². The van der Waals surface area contributed by atoms with Gasteiger partial charge in [-0.3, -0.25) is 14.9 Å². The van der Waals surface area contributed by atoms with Crippen molar-refractivity contribution in [2.24, 2.45) is 0 Å². The summed E-state index contributed by atoms with van der Waals surface area (Å²) in [5.74, 6) is 0.638. The molecule has 0 fully saturated rings. The van der Waals surface area contributed by atoms with Crippen LogP contribution in [-0.2, 0) is 6.42 Å². The number of thiazole rings is 1. The standard InChI is InChI=1S/C17H19N3O5S/c1-23-11-7-9(8-12(24-2)13(11)25-3)15(21)20-17-19-10-5-4-6-18-16(22)14(10)26-17/h7-8H,4-6H2,1-3H3,(H,18,22)(H,19,20,21). The number of benzene rings is 1. The highest BCUT2D eigenvalue weighted by molar-refractivity contribution is 7.17. The lowest BCUT2D eigenvalue weighted by Crippen LogP contribution is -2.21. The molecule has 0 spiro atoms. The number of rotatable bonds is 5. The summed E-state index contributed by atoms with van der Waals surface area (Å²) in [5.41, 5.74) is 1.04. The summed E-state index contributed by atoms with van der Waals surface area (Å²) in [6.45, 7) is 0.634. The van der Waals surface area contributed by atoms with E-state index in [4.69, 9.17) is 14.2 Å². The molecule has 1 aliphatic rings. The molecule has 0 saturated carbocycles. The Morgan fingerprint density at radius 1 is 1.19 bits per heavy atom. The summed E-state index contributed by atoms with van der Waals surface area (Å²) >= 11 is 1.17. The Balaban J connectivity index is 1.87. The van der Waals surface area contributed by atoms with Crippen molar-refractivity contribution in [2.45, 2.75) is 12.8 Å². The molecule has 3 rings (SSSR count). The van der Waals surface area contributed by atoms with Crippen LogP contribution in [0, 0.1) is 0 Å². The molecule has 2 heterocycles. The van der Waals surface area contributed by atoms with E-state index in [2.05, 4.69) is 15.6 Å². The molecule has 26 heavy (non-hydrogen) atoms. The number of carbonyl (C=O) groups is 2. The fourth-order valence-electron chi connectivity index (χ4n) is 2.67. The van der Waals surface area contributed by atoms with Gasteiger partial charge in [-0.15, -0.1) is 0 Å². The van der Waals surface area contributed by atoms with Gasteiger partial charge in [0.2, 0.25) is 5.75 Å². The Kier molecular flexibility index (Phi) is 5.27. The molecule has 138 valence electrons. The third-order valence-electron chi connectivity index (χ3n) is 3.93. The number of anilines is 1. The lowest BCUT2D eigenvalue weighted by molar-refractivity contribution is 0.0958. The van der Waals surface area contributed by atoms with Gasteiger partial charge in [0.15, 0.2) is 16.6 Å². The molecular weight excluding hydrogens is 358 g/mol. The number of fused-ring (bicyclic) bond motifs is 1. The number of ether oxygens (including phenoxy) is 3. The summed E-state index contributed by atoms with van der Waals surface area (Å²) in [4.78, 5) is 29.6. The molecule has 0 unspecified atom stereocenters. The van der Waals surface area contributed by atoms with Crippen LogP contribution in [0.4, 0.5) is 5.13 Å². The summed E-state index contributed by atoms with van der Waals surface area (Å²) in [7, 11) is 4.46. The molecule has 9 heteroatoms. The molecular formula is C17H19N3O5S. The molecule has 0 aliphatic carbocycles. The lowest BCUT2D eigenvalue weighted by atomic mass is 10.1. The summed E-state index contributed by atoms with van der Waals surface area (Å²) < 4.78 is 15.8. The van der Waals surface area contributed by atoms with Crippen molar-refractivity contribution in [1.29, 1.82) is 0 Å². The Hall–Kier alpha value is -2.81. The van der Waals surface area contributed by atoms with E-state index >= 15 is 0 Å². The summed E-state index contributed by atoms with van der Waals surface area (Å²) in [6.07, 6.45) is 1.52. The number of hydrogen-bond acceptors (Lipinski definition) is 7. The smallest absolute Gasteiger partial charge is 0.263 e. The van der Waals surface area contributed by atoms with Crippen molar-refractivity contribution in [2.75, 3.05) is 33.2 Å². The van der Waals surface area contributed by atoms with E-state index in [0.29, 0.717) is 51.5 Å². The molecule has 1 aromatic carbocycles. The molecule has 1 aliphatic heterocycles. The number of amides is 2. The predicted molar refractivity (Wildman–Crippen MR) is 96.8 cm³/mol. The predicted octanol–water partition coefficient (Wildman–Crippen LogP) is 2.10. The zero-order valence-electron chi connectivity index (χ0n) is 14.7. The average Bonchev–Trinajstić information content (AvgIpc) is 2.98. The van der Waals surface area contributed by atoms with Crippen molar-refractivity contribution < 1.29 is 23.8 Å². The molecule has 0 bridgehead atoms. The molecule has 2 N–H and O–H groups in total. The average molecular weight is 377 g/mol. The monoisotopic (exact) mass is 377 g/mol. The lowest BCUT2D eigenvalue weighted by Gasteiger charge is -2.13. The molecule has 2 amide bonds. The van der Waals surface area contributed by atoms with Crippen LogP contribution in [0.3, 0.4) is 0 Å². The van der Waals surface area contributed by atoms with Gasteiger partial charge >= 0.3 is 0 Å². The Labute approximate surface area is 154 Å². The molecule has 0 radical (unpaired) electrons. The second-order valence-corrected chi connectivity index (χ2v) is 6.52. The van der Waals surface area contributed by atoms with E-state index in [0.717, 1.165) is 6.42 Å². The Morgan fingerprint density at radius 3 is 2.50 bits per heavy atom. The van der Waals surface area contributed by atoms with Gasteiger partial charge < -0.3 is 19.5 Å². The number of aromatic nitrogens is 1. The maximum Gasteiger partial charge on any atom is 0.263 e. The molecule has 0 atom stereocenters. The zero-order valence-corrected chi connectivity index (χ0v) is 15.5. The summed E-state index contributed by atoms with van der Waals surface area (Å²) in [5, 5.41) is 5.93. The number of methoxy groups -OCH3 is 3. The van der Waals surface area contributed by atoms with E-state index in [-0.39, 0.29) is 11.8 Å². The van der Waals surface area contributed by atoms with Gasteiger partial charge in [-0.1, -0.05) is 11.3 Å². The first-order valence-electron chi connectivity index (χ1n) is 7.96. The second kappa shape index (κ2) is 7.61. The topological polar surface area (TPSA) is 98.8 Å². The van der Waals surface area contributed by atoms with Gasteiger partial charge in [0.1, 0.15) is 4.88 Å². The van der Waals surface area contributed by atoms with Gasteiger partial charge in [0.25, 0.3) is 11.8 Å². The highest BCUT2D eigenvalue weighted by Gasteiger charge is 2.22. The van der Waals surface area contributed by atoms with E-state index in [1.807, 2.05) is 0 Å². The van der Waals surface area contributed by atoms with Crippen molar-refractivity contribution in [1.82, 2.24) is 10.3 Å². The largest absolute Gasteiger partial charge is 0.493 e. The fraction of sp³-hybridized carbons (Fsp3) is 0.353. The van der Waals surface area contributed by atoms with E-state index < -0.39 is 0 Å². The molecule has 1 aromatic heterocycles. The van der Waals surface area contributed by atoms with Crippen LogP contribution in [0.1, 0.15) is 32.1 Å². The minimum atomic E-state index is -0.381. The van der Waals surface area contributed by atoms with Crippen LogP contribution in [0.2, 0.25) is 0 Å². The van der Waals surface area contributed by atoms with Gasteiger partial charge in [-0.25, -0.2) is 4.98 Å². The minimum Gasteiger partial charge on any atom is -0.493 e. The van der Waals surface area contributed by atoms with Crippen molar-refractivity contribution in [3.8, 4) is 17.2 Å². The fourth-order valence-corrected chi connectivity index (χ4v) is 3.59. The van der Waals surface area contributed by atoms with Gasteiger partial charge in [-0.2, -0.15) is 0 Å². The van der Waals surface area contributed by atoms with Crippen molar-refractivity contribution in [3.05, 3.63) is 28.3 Å². The third-order valence-corrected chi connectivity index (χ3v) is 4.94. The number of hydrogen-bond donors (Lipinski definition) is 2. The number of nitrogens with zero attached hydrogens (tertiary/aromatic N) is 1. The third kappa shape index (κ3) is 3.43. The Morgan fingerprint density at radius 2 is 1.88 bits per heavy atom. The summed E-state index contributed by atoms with van der Waals surface area (Å²) in [6, 6.07) is 3.11. The van der Waals surface area contributed by atoms with Crippen molar-refractivity contribution >= 4 is 28.3 Å². The number of carbonyl (C=O) groups excluding carboxylic acids is 2. The first kappa shape index (κ1) is 18.0. The molecule has 8 nitrogen and oxygen atoms in total. The van der Waals surface area contributed by atoms with Crippen LogP contribution in [0.15, 0.2) is 12.1 Å². The first-order valence-corrected chi connectivity index (χ1v) is 8.78. The number of nitrogens with one attached hydrogen (secondary N) is 2. The second-order valence-electron chi connectivity index (χ2n) is 5.52. The van der Waals surface area contributed by atoms with E-state index in [1.165, 1.54) is 32.7 Å². The van der Waals surface area contributed by atoms with Crippen LogP contribution in [-0.4, -0.2) is 44.7 Å². The van der Waals surface area contributed by atoms with Crippen molar-refractivity contribution in [3.63, 3.8) is 0 Å². The highest BCUT2D eigenvalue weighted by atomic mass is 32.1. The van der Waals surface area contributed by atoms with Crippen LogP contribution in [0.25, 0.3) is 0 Å². The quantitative estimate of drug-likeness (QED) is 0.828. The zero-order chi connectivity index (χ0) is 18.7. The number of aryl methyl sites for hydroxylation is 1. The maximum atomic E-state index is 12.6. The molecule has 0 saturated heterocycles. The van der Waals surface area contributed by atoms with Crippen LogP contribution in [0.5, 0.6) is 17.2 Å². The SMILES string of the molecule is COc1cc(C(=O)Nc2nc3c(s2)C(=O)NCCC3)cc(OC)c1OC. The Bertz CT molecular complexity index is 824.